The largest absolute Gasteiger partial charge is 0.330 e. The van der Waals surface area contributed by atoms with E-state index in [0.29, 0.717) is 6.54 Å². The fourth-order valence-corrected chi connectivity index (χ4v) is 2.96. The molecule has 0 aliphatic carbocycles. The zero-order chi connectivity index (χ0) is 13.0. The molecule has 0 radical (unpaired) electrons. The second kappa shape index (κ2) is 6.07. The monoisotopic (exact) mass is 257 g/mol. The summed E-state index contributed by atoms with van der Waals surface area (Å²) >= 11 is 1.82. The quantitative estimate of drug-likeness (QED) is 0.897. The molecule has 0 amide bonds. The highest BCUT2D eigenvalue weighted by atomic mass is 32.2. The normalized spacial score (nSPS) is 10.6. The van der Waals surface area contributed by atoms with Gasteiger partial charge in [0.05, 0.1) is 0 Å². The Balaban J connectivity index is 2.19. The average molecular weight is 257 g/mol. The second-order valence-electron chi connectivity index (χ2n) is 4.56. The van der Waals surface area contributed by atoms with Crippen LogP contribution in [0, 0.1) is 13.8 Å². The van der Waals surface area contributed by atoms with E-state index >= 15 is 0 Å². The average Bonchev–Trinajstić information content (AvgIpc) is 2.33. The lowest BCUT2D eigenvalue weighted by Gasteiger charge is -2.08. The van der Waals surface area contributed by atoms with E-state index in [0.717, 1.165) is 6.42 Å². The first kappa shape index (κ1) is 13.2. The molecule has 0 atom stereocenters. The van der Waals surface area contributed by atoms with Gasteiger partial charge in [-0.1, -0.05) is 41.6 Å². The van der Waals surface area contributed by atoms with Crippen LogP contribution in [0.3, 0.4) is 0 Å². The molecule has 0 fully saturated rings. The van der Waals surface area contributed by atoms with Gasteiger partial charge < -0.3 is 5.73 Å². The van der Waals surface area contributed by atoms with Crippen molar-refractivity contribution in [3.8, 4) is 0 Å². The summed E-state index contributed by atoms with van der Waals surface area (Å²) in [5.41, 5.74) is 9.54. The van der Waals surface area contributed by atoms with Crippen LogP contribution in [0.1, 0.15) is 16.7 Å². The van der Waals surface area contributed by atoms with Crippen LogP contribution in [-0.4, -0.2) is 6.54 Å². The highest BCUT2D eigenvalue weighted by molar-refractivity contribution is 7.99. The number of rotatable bonds is 4. The molecule has 1 nitrogen and oxygen atoms in total. The molecular weight excluding hydrogens is 238 g/mol. The van der Waals surface area contributed by atoms with E-state index in [1.807, 2.05) is 11.8 Å². The zero-order valence-electron chi connectivity index (χ0n) is 10.9. The number of nitrogens with two attached hydrogens (primary N) is 1. The van der Waals surface area contributed by atoms with Gasteiger partial charge in [-0.2, -0.15) is 0 Å². The molecule has 0 unspecified atom stereocenters. The number of hydrogen-bond donors (Lipinski definition) is 1. The van der Waals surface area contributed by atoms with Gasteiger partial charge in [0.25, 0.3) is 0 Å². The van der Waals surface area contributed by atoms with Crippen molar-refractivity contribution in [2.45, 2.75) is 30.1 Å². The van der Waals surface area contributed by atoms with Gasteiger partial charge >= 0.3 is 0 Å². The summed E-state index contributed by atoms with van der Waals surface area (Å²) in [6, 6.07) is 15.2. The Bertz CT molecular complexity index is 534. The first-order valence-electron chi connectivity index (χ1n) is 6.23. The van der Waals surface area contributed by atoms with E-state index in [1.54, 1.807) is 0 Å². The summed E-state index contributed by atoms with van der Waals surface area (Å²) in [7, 11) is 0. The van der Waals surface area contributed by atoms with Crippen LogP contribution in [0.25, 0.3) is 0 Å². The number of hydrogen-bond acceptors (Lipinski definition) is 2. The number of aryl methyl sites for hydroxylation is 2. The van der Waals surface area contributed by atoms with Crippen molar-refractivity contribution in [2.75, 3.05) is 6.54 Å². The molecule has 18 heavy (non-hydrogen) atoms. The maximum absolute atomic E-state index is 5.58. The predicted octanol–water partition coefficient (Wildman–Crippen LogP) is 3.96. The summed E-state index contributed by atoms with van der Waals surface area (Å²) in [4.78, 5) is 2.62. The van der Waals surface area contributed by atoms with Crippen molar-refractivity contribution in [2.24, 2.45) is 5.73 Å². The Morgan fingerprint density at radius 3 is 2.56 bits per heavy atom. The first-order valence-corrected chi connectivity index (χ1v) is 7.05. The molecule has 0 saturated heterocycles. The molecule has 0 bridgehead atoms. The van der Waals surface area contributed by atoms with Gasteiger partial charge in [-0.15, -0.1) is 0 Å². The van der Waals surface area contributed by atoms with Crippen LogP contribution in [0.2, 0.25) is 0 Å². The molecule has 2 heteroatoms. The fraction of sp³-hybridized carbons (Fsp3) is 0.250. The van der Waals surface area contributed by atoms with Gasteiger partial charge in [0.15, 0.2) is 0 Å². The van der Waals surface area contributed by atoms with E-state index in [4.69, 9.17) is 5.73 Å². The SMILES string of the molecule is Cc1cccc(Sc2ccc(CCN)cc2C)c1. The van der Waals surface area contributed by atoms with Crippen LogP contribution < -0.4 is 5.73 Å². The van der Waals surface area contributed by atoms with Gasteiger partial charge in [0.2, 0.25) is 0 Å². The third-order valence-electron chi connectivity index (χ3n) is 2.89. The smallest absolute Gasteiger partial charge is 0.0151 e. The van der Waals surface area contributed by atoms with E-state index in [1.165, 1.54) is 26.5 Å². The van der Waals surface area contributed by atoms with E-state index in [2.05, 4.69) is 56.3 Å². The third-order valence-corrected chi connectivity index (χ3v) is 4.06. The third kappa shape index (κ3) is 3.37. The lowest BCUT2D eigenvalue weighted by Crippen LogP contribution is -2.02. The van der Waals surface area contributed by atoms with Crippen molar-refractivity contribution < 1.29 is 0 Å². The van der Waals surface area contributed by atoms with Gasteiger partial charge in [-0.05, 0) is 56.1 Å². The van der Waals surface area contributed by atoms with Crippen LogP contribution in [0.15, 0.2) is 52.3 Å². The van der Waals surface area contributed by atoms with Crippen molar-refractivity contribution >= 4 is 11.8 Å². The molecule has 0 heterocycles. The van der Waals surface area contributed by atoms with Crippen molar-refractivity contribution in [3.63, 3.8) is 0 Å². The van der Waals surface area contributed by atoms with Crippen LogP contribution in [0.4, 0.5) is 0 Å². The maximum Gasteiger partial charge on any atom is 0.0151 e. The Hall–Kier alpha value is -1.25. The maximum atomic E-state index is 5.58. The van der Waals surface area contributed by atoms with Crippen molar-refractivity contribution in [1.82, 2.24) is 0 Å². The molecule has 2 aromatic rings. The molecule has 94 valence electrons. The van der Waals surface area contributed by atoms with Gasteiger partial charge in [-0.3, -0.25) is 0 Å². The molecule has 2 aromatic carbocycles. The summed E-state index contributed by atoms with van der Waals surface area (Å²) in [6.45, 7) is 5.00. The van der Waals surface area contributed by atoms with Crippen LogP contribution in [-0.2, 0) is 6.42 Å². The minimum absolute atomic E-state index is 0.712. The Morgan fingerprint density at radius 1 is 1.06 bits per heavy atom. The summed E-state index contributed by atoms with van der Waals surface area (Å²) < 4.78 is 0. The number of benzene rings is 2. The summed E-state index contributed by atoms with van der Waals surface area (Å²) in [5, 5.41) is 0. The van der Waals surface area contributed by atoms with Gasteiger partial charge in [-0.25, -0.2) is 0 Å². The molecular formula is C16H19NS. The first-order chi connectivity index (χ1) is 8.69. The molecule has 2 N–H and O–H groups in total. The minimum Gasteiger partial charge on any atom is -0.330 e. The molecule has 0 spiro atoms. The standard InChI is InChI=1S/C16H19NS/c1-12-4-3-5-15(10-12)18-16-7-6-14(8-9-17)11-13(16)2/h3-7,10-11H,8-9,17H2,1-2H3. The minimum atomic E-state index is 0.712. The molecule has 0 aliphatic heterocycles. The highest BCUT2D eigenvalue weighted by Crippen LogP contribution is 2.31. The summed E-state index contributed by atoms with van der Waals surface area (Å²) in [6.07, 6.45) is 0.955. The molecule has 2 rings (SSSR count). The summed E-state index contributed by atoms with van der Waals surface area (Å²) in [5.74, 6) is 0. The topological polar surface area (TPSA) is 26.0 Å². The van der Waals surface area contributed by atoms with Crippen LogP contribution >= 0.6 is 11.8 Å². The second-order valence-corrected chi connectivity index (χ2v) is 5.67. The van der Waals surface area contributed by atoms with Crippen LogP contribution in [0.5, 0.6) is 0 Å². The van der Waals surface area contributed by atoms with E-state index in [9.17, 15) is 0 Å². The van der Waals surface area contributed by atoms with Crippen molar-refractivity contribution in [1.29, 1.82) is 0 Å². The Labute approximate surface area is 113 Å². The fourth-order valence-electron chi connectivity index (χ4n) is 1.95. The predicted molar refractivity (Wildman–Crippen MR) is 79.2 cm³/mol. The molecule has 0 aromatic heterocycles. The Morgan fingerprint density at radius 2 is 1.89 bits per heavy atom. The molecule has 0 aliphatic rings. The lowest BCUT2D eigenvalue weighted by molar-refractivity contribution is 0.963. The zero-order valence-corrected chi connectivity index (χ0v) is 11.8. The van der Waals surface area contributed by atoms with E-state index < -0.39 is 0 Å². The van der Waals surface area contributed by atoms with Gasteiger partial charge in [0, 0.05) is 9.79 Å². The molecule has 0 saturated carbocycles. The highest BCUT2D eigenvalue weighted by Gasteiger charge is 2.02. The lowest BCUT2D eigenvalue weighted by atomic mass is 10.1. The van der Waals surface area contributed by atoms with Crippen molar-refractivity contribution in [3.05, 3.63) is 59.2 Å². The van der Waals surface area contributed by atoms with E-state index in [-0.39, 0.29) is 0 Å². The Kier molecular flexibility index (Phi) is 4.45. The van der Waals surface area contributed by atoms with Gasteiger partial charge in [0.1, 0.15) is 0 Å².